The molecule has 1 atom stereocenters. The van der Waals surface area contributed by atoms with Gasteiger partial charge in [0.2, 0.25) is 5.95 Å². The van der Waals surface area contributed by atoms with E-state index < -0.39 is 0 Å². The monoisotopic (exact) mass is 341 g/mol. The van der Waals surface area contributed by atoms with Gasteiger partial charge in [-0.3, -0.25) is 4.90 Å². The highest BCUT2D eigenvalue weighted by atomic mass is 15.3. The van der Waals surface area contributed by atoms with Crippen molar-refractivity contribution in [3.05, 3.63) is 35.5 Å². The molecule has 0 saturated carbocycles. The number of nitrogens with one attached hydrogen (secondary N) is 1. The van der Waals surface area contributed by atoms with Crippen molar-refractivity contribution in [2.75, 3.05) is 37.9 Å². The third-order valence-corrected chi connectivity index (χ3v) is 4.87. The predicted octanol–water partition coefficient (Wildman–Crippen LogP) is 2.19. The third-order valence-electron chi connectivity index (χ3n) is 4.87. The van der Waals surface area contributed by atoms with E-state index in [-0.39, 0.29) is 5.54 Å². The largest absolute Gasteiger partial charge is 0.363 e. The average molecular weight is 341 g/mol. The lowest BCUT2D eigenvalue weighted by Gasteiger charge is -2.34. The number of hydrogen-bond acceptors (Lipinski definition) is 7. The van der Waals surface area contributed by atoms with Crippen LogP contribution in [0.3, 0.4) is 0 Å². The van der Waals surface area contributed by atoms with Crippen molar-refractivity contribution in [2.45, 2.75) is 38.8 Å². The number of aromatic nitrogens is 4. The summed E-state index contributed by atoms with van der Waals surface area (Å²) in [5, 5.41) is 2.95. The van der Waals surface area contributed by atoms with E-state index in [1.165, 1.54) is 0 Å². The molecule has 2 aromatic rings. The van der Waals surface area contributed by atoms with Crippen LogP contribution in [-0.4, -0.2) is 52.5 Å². The Kier molecular flexibility index (Phi) is 4.85. The second kappa shape index (κ2) is 6.92. The fraction of sp³-hybridized carbons (Fsp3) is 0.556. The summed E-state index contributed by atoms with van der Waals surface area (Å²) in [5.41, 5.74) is 1.94. The number of likely N-dealkylation sites (tertiary alicyclic amines) is 1. The van der Waals surface area contributed by atoms with Crippen LogP contribution in [0.15, 0.2) is 18.5 Å². The van der Waals surface area contributed by atoms with Crippen molar-refractivity contribution < 1.29 is 0 Å². The normalized spacial score (nSPS) is 20.7. The van der Waals surface area contributed by atoms with Crippen molar-refractivity contribution in [3.63, 3.8) is 0 Å². The molecule has 1 fully saturated rings. The molecule has 1 unspecified atom stereocenters. The summed E-state index contributed by atoms with van der Waals surface area (Å²) in [5.74, 6) is 2.50. The van der Waals surface area contributed by atoms with Crippen molar-refractivity contribution in [3.8, 4) is 0 Å². The van der Waals surface area contributed by atoms with Crippen LogP contribution >= 0.6 is 0 Å². The molecular formula is C18H27N7. The molecule has 7 nitrogen and oxygen atoms in total. The van der Waals surface area contributed by atoms with Crippen molar-refractivity contribution in [2.24, 2.45) is 0 Å². The van der Waals surface area contributed by atoms with Crippen LogP contribution < -0.4 is 10.2 Å². The van der Waals surface area contributed by atoms with Crippen LogP contribution in [0.2, 0.25) is 0 Å². The molecule has 1 aliphatic heterocycles. The van der Waals surface area contributed by atoms with Gasteiger partial charge in [-0.05, 0) is 33.2 Å². The molecule has 0 radical (unpaired) electrons. The van der Waals surface area contributed by atoms with E-state index in [0.717, 1.165) is 48.8 Å². The lowest BCUT2D eigenvalue weighted by Crippen LogP contribution is -2.40. The fourth-order valence-corrected chi connectivity index (χ4v) is 3.33. The van der Waals surface area contributed by atoms with Crippen LogP contribution in [0, 0.1) is 6.92 Å². The molecule has 0 aromatic carbocycles. The number of hydrogen-bond donors (Lipinski definition) is 1. The van der Waals surface area contributed by atoms with Gasteiger partial charge in [0.1, 0.15) is 5.82 Å². The topological polar surface area (TPSA) is 70.1 Å². The molecule has 3 heterocycles. The maximum Gasteiger partial charge on any atom is 0.222 e. The predicted molar refractivity (Wildman–Crippen MR) is 99.7 cm³/mol. The van der Waals surface area contributed by atoms with Crippen LogP contribution in [-0.2, 0) is 12.1 Å². The van der Waals surface area contributed by atoms with Crippen molar-refractivity contribution >= 4 is 11.8 Å². The minimum Gasteiger partial charge on any atom is -0.363 e. The highest BCUT2D eigenvalue weighted by Crippen LogP contribution is 2.38. The molecule has 1 saturated heterocycles. The fourth-order valence-electron chi connectivity index (χ4n) is 3.33. The van der Waals surface area contributed by atoms with Gasteiger partial charge in [0.25, 0.3) is 0 Å². The first-order valence-electron chi connectivity index (χ1n) is 8.69. The molecule has 25 heavy (non-hydrogen) atoms. The van der Waals surface area contributed by atoms with E-state index in [9.17, 15) is 0 Å². The Labute approximate surface area is 149 Å². The molecule has 1 N–H and O–H groups in total. The van der Waals surface area contributed by atoms with Crippen molar-refractivity contribution in [1.29, 1.82) is 0 Å². The molecule has 7 heteroatoms. The maximum atomic E-state index is 4.84. The van der Waals surface area contributed by atoms with Gasteiger partial charge in [0.05, 0.1) is 5.54 Å². The smallest absolute Gasteiger partial charge is 0.222 e. The Bertz CT molecular complexity index is 729. The summed E-state index contributed by atoms with van der Waals surface area (Å²) < 4.78 is 0. The van der Waals surface area contributed by atoms with E-state index in [2.05, 4.69) is 27.1 Å². The van der Waals surface area contributed by atoms with E-state index in [1.54, 1.807) is 0 Å². The standard InChI is InChI=1S/C18H27N7/c1-13-9-15(24(4)5)23-16(22-13)18(2)7-6-8-25(18)12-14-10-20-17(19-3)21-11-14/h9-11H,6-8,12H2,1-5H3,(H,19,20,21). The second-order valence-electron chi connectivity index (χ2n) is 7.05. The first kappa shape index (κ1) is 17.5. The average Bonchev–Trinajstić information content (AvgIpc) is 2.97. The molecule has 0 bridgehead atoms. The van der Waals surface area contributed by atoms with Gasteiger partial charge in [0.15, 0.2) is 5.82 Å². The first-order valence-corrected chi connectivity index (χ1v) is 8.69. The minimum absolute atomic E-state index is 0.168. The summed E-state index contributed by atoms with van der Waals surface area (Å²) in [4.78, 5) is 22.7. The van der Waals surface area contributed by atoms with Gasteiger partial charge in [0, 0.05) is 57.4 Å². The van der Waals surface area contributed by atoms with Gasteiger partial charge >= 0.3 is 0 Å². The summed E-state index contributed by atoms with van der Waals surface area (Å²) in [6, 6.07) is 2.02. The van der Waals surface area contributed by atoms with E-state index in [1.807, 2.05) is 51.4 Å². The van der Waals surface area contributed by atoms with Gasteiger partial charge < -0.3 is 10.2 Å². The lowest BCUT2D eigenvalue weighted by atomic mass is 9.97. The van der Waals surface area contributed by atoms with E-state index in [4.69, 9.17) is 9.97 Å². The van der Waals surface area contributed by atoms with Crippen LogP contribution in [0.5, 0.6) is 0 Å². The Morgan fingerprint density at radius 2 is 1.96 bits per heavy atom. The molecule has 0 aliphatic carbocycles. The Balaban J connectivity index is 1.88. The zero-order valence-corrected chi connectivity index (χ0v) is 15.7. The van der Waals surface area contributed by atoms with Gasteiger partial charge in [-0.25, -0.2) is 19.9 Å². The summed E-state index contributed by atoms with van der Waals surface area (Å²) in [6.45, 7) is 6.11. The van der Waals surface area contributed by atoms with Crippen LogP contribution in [0.1, 0.15) is 36.8 Å². The first-order chi connectivity index (χ1) is 11.9. The molecule has 2 aromatic heterocycles. The molecular weight excluding hydrogens is 314 g/mol. The summed E-state index contributed by atoms with van der Waals surface area (Å²) in [6.07, 6.45) is 5.97. The third kappa shape index (κ3) is 3.56. The highest BCUT2D eigenvalue weighted by Gasteiger charge is 2.41. The highest BCUT2D eigenvalue weighted by molar-refractivity contribution is 5.38. The van der Waals surface area contributed by atoms with Gasteiger partial charge in [-0.1, -0.05) is 0 Å². The zero-order valence-electron chi connectivity index (χ0n) is 15.7. The number of rotatable bonds is 5. The van der Waals surface area contributed by atoms with Crippen LogP contribution in [0.25, 0.3) is 0 Å². The molecule has 0 amide bonds. The lowest BCUT2D eigenvalue weighted by molar-refractivity contribution is 0.137. The maximum absolute atomic E-state index is 4.84. The zero-order chi connectivity index (χ0) is 18.0. The summed E-state index contributed by atoms with van der Waals surface area (Å²) >= 11 is 0. The quantitative estimate of drug-likeness (QED) is 0.894. The number of anilines is 2. The van der Waals surface area contributed by atoms with E-state index >= 15 is 0 Å². The Hall–Kier alpha value is -2.28. The molecule has 3 rings (SSSR count). The number of nitrogens with zero attached hydrogens (tertiary/aromatic N) is 6. The second-order valence-corrected chi connectivity index (χ2v) is 7.05. The van der Waals surface area contributed by atoms with Gasteiger partial charge in [-0.15, -0.1) is 0 Å². The molecule has 0 spiro atoms. The van der Waals surface area contributed by atoms with E-state index in [0.29, 0.717) is 5.95 Å². The SMILES string of the molecule is CNc1ncc(CN2CCCC2(C)c2nc(C)cc(N(C)C)n2)cn1. The van der Waals surface area contributed by atoms with Crippen LogP contribution in [0.4, 0.5) is 11.8 Å². The summed E-state index contributed by atoms with van der Waals surface area (Å²) in [7, 11) is 5.85. The Morgan fingerprint density at radius 3 is 2.60 bits per heavy atom. The molecule has 1 aliphatic rings. The minimum atomic E-state index is -0.168. The van der Waals surface area contributed by atoms with Gasteiger partial charge in [-0.2, -0.15) is 0 Å². The van der Waals surface area contributed by atoms with Crippen molar-refractivity contribution in [1.82, 2.24) is 24.8 Å². The molecule has 134 valence electrons. The Morgan fingerprint density at radius 1 is 1.24 bits per heavy atom. The number of aryl methyl sites for hydroxylation is 1.